The molecule has 3 aliphatic rings. The summed E-state index contributed by atoms with van der Waals surface area (Å²) in [4.78, 5) is 28.7. The zero-order valence-corrected chi connectivity index (χ0v) is 22.8. The number of nitrogens with one attached hydrogen (secondary N) is 1. The monoisotopic (exact) mass is 534 g/mol. The van der Waals surface area contributed by atoms with E-state index in [9.17, 15) is 14.7 Å². The van der Waals surface area contributed by atoms with E-state index in [0.29, 0.717) is 18.7 Å². The second-order valence-corrected chi connectivity index (χ2v) is 11.2. The number of carbonyl (C=O) groups excluding carboxylic acids is 2. The van der Waals surface area contributed by atoms with Crippen molar-refractivity contribution in [1.82, 2.24) is 0 Å². The highest BCUT2D eigenvalue weighted by atomic mass is 16.5. The maximum absolute atomic E-state index is 13.8. The average molecular weight is 535 g/mol. The van der Waals surface area contributed by atoms with Crippen LogP contribution in [0.3, 0.4) is 0 Å². The fourth-order valence-electron chi connectivity index (χ4n) is 6.60. The van der Waals surface area contributed by atoms with Crippen LogP contribution in [0.1, 0.15) is 38.7 Å². The Bertz CT molecular complexity index is 1490. The highest BCUT2D eigenvalue weighted by molar-refractivity contribution is 6.22. The maximum atomic E-state index is 13.8. The smallest absolute Gasteiger partial charge is 0.238 e. The summed E-state index contributed by atoms with van der Waals surface area (Å²) in [5, 5.41) is 13.1. The van der Waals surface area contributed by atoms with Gasteiger partial charge in [0.15, 0.2) is 0 Å². The molecule has 2 saturated heterocycles. The van der Waals surface area contributed by atoms with Crippen LogP contribution in [0, 0.1) is 17.8 Å². The first-order chi connectivity index (χ1) is 19.4. The predicted octanol–water partition coefficient (Wildman–Crippen LogP) is 6.86. The molecule has 6 heteroatoms. The lowest BCUT2D eigenvalue weighted by Gasteiger charge is -2.30. The number of carbonyl (C=O) groups is 2. The topological polar surface area (TPSA) is 78.9 Å². The standard InChI is InChI=1S/C34H34N2O4/c1-21(17-23-7-6-10-27(37)19-23)11-16-30-31-22(2)18-28-32(29(31)20-40-30)34(39)36(33(28)38)26-14-12-25(13-15-26)35-24-8-4-3-5-9-24/h3-10,12-15,17,19,28-30,32,35,37H,11,16,18,20H2,1-2H3/b21-17+/t28-,29+,30-,32-/m1/s1. The molecule has 204 valence electrons. The largest absolute Gasteiger partial charge is 0.508 e. The molecule has 0 bridgehead atoms. The van der Waals surface area contributed by atoms with Gasteiger partial charge in [-0.2, -0.15) is 0 Å². The lowest BCUT2D eigenvalue weighted by Crippen LogP contribution is -2.34. The molecule has 40 heavy (non-hydrogen) atoms. The molecule has 6 rings (SSSR count). The second kappa shape index (κ2) is 10.8. The first-order valence-electron chi connectivity index (χ1n) is 14.0. The molecule has 2 aliphatic heterocycles. The molecule has 0 saturated carbocycles. The number of benzene rings is 3. The molecule has 1 aliphatic carbocycles. The van der Waals surface area contributed by atoms with Crippen molar-refractivity contribution in [3.05, 3.63) is 101 Å². The molecule has 0 radical (unpaired) electrons. The van der Waals surface area contributed by atoms with E-state index in [1.165, 1.54) is 21.6 Å². The van der Waals surface area contributed by atoms with E-state index in [0.717, 1.165) is 29.8 Å². The number of imide groups is 1. The van der Waals surface area contributed by atoms with Gasteiger partial charge in [-0.15, -0.1) is 0 Å². The summed E-state index contributed by atoms with van der Waals surface area (Å²) in [6.07, 6.45) is 4.31. The van der Waals surface area contributed by atoms with Gasteiger partial charge in [0, 0.05) is 17.3 Å². The third kappa shape index (κ3) is 4.95. The number of aromatic hydroxyl groups is 1. The summed E-state index contributed by atoms with van der Waals surface area (Å²) in [7, 11) is 0. The Hall–Kier alpha value is -4.16. The van der Waals surface area contributed by atoms with Crippen molar-refractivity contribution in [1.29, 1.82) is 0 Å². The Morgan fingerprint density at radius 1 is 0.975 bits per heavy atom. The molecule has 6 nitrogen and oxygen atoms in total. The van der Waals surface area contributed by atoms with Gasteiger partial charge >= 0.3 is 0 Å². The van der Waals surface area contributed by atoms with E-state index >= 15 is 0 Å². The van der Waals surface area contributed by atoms with Crippen molar-refractivity contribution in [2.24, 2.45) is 17.8 Å². The van der Waals surface area contributed by atoms with Gasteiger partial charge in [0.25, 0.3) is 0 Å². The van der Waals surface area contributed by atoms with E-state index in [1.54, 1.807) is 12.1 Å². The molecule has 2 amide bonds. The van der Waals surface area contributed by atoms with Crippen molar-refractivity contribution >= 4 is 35.0 Å². The molecule has 3 aromatic rings. The van der Waals surface area contributed by atoms with E-state index in [4.69, 9.17) is 4.74 Å². The van der Waals surface area contributed by atoms with Crippen molar-refractivity contribution in [2.45, 2.75) is 39.2 Å². The number of phenols is 1. The van der Waals surface area contributed by atoms with Crippen LogP contribution in [0.2, 0.25) is 0 Å². The van der Waals surface area contributed by atoms with Crippen molar-refractivity contribution < 1.29 is 19.4 Å². The lowest BCUT2D eigenvalue weighted by atomic mass is 9.70. The van der Waals surface area contributed by atoms with Crippen LogP contribution in [0.15, 0.2) is 95.6 Å². The first kappa shape index (κ1) is 26.1. The van der Waals surface area contributed by atoms with E-state index in [-0.39, 0.29) is 41.4 Å². The van der Waals surface area contributed by atoms with Gasteiger partial charge in [0.1, 0.15) is 5.75 Å². The maximum Gasteiger partial charge on any atom is 0.238 e. The Morgan fingerprint density at radius 2 is 1.73 bits per heavy atom. The summed E-state index contributed by atoms with van der Waals surface area (Å²) in [5.41, 5.74) is 7.07. The number of ether oxygens (including phenoxy) is 1. The van der Waals surface area contributed by atoms with Crippen LogP contribution >= 0.6 is 0 Å². The summed E-state index contributed by atoms with van der Waals surface area (Å²) in [5.74, 6) is -0.728. The van der Waals surface area contributed by atoms with Crippen molar-refractivity contribution in [3.63, 3.8) is 0 Å². The molecule has 2 N–H and O–H groups in total. The van der Waals surface area contributed by atoms with E-state index in [1.807, 2.05) is 66.7 Å². The van der Waals surface area contributed by atoms with Gasteiger partial charge in [-0.25, -0.2) is 0 Å². The number of para-hydroxylation sites is 1. The zero-order valence-electron chi connectivity index (χ0n) is 22.8. The fraction of sp³-hybridized carbons (Fsp3) is 0.294. The fourth-order valence-corrected chi connectivity index (χ4v) is 6.60. The SMILES string of the molecule is CC1=C2[C@@H](CC/C(C)=C/c3cccc(O)c3)OC[C@@H]2[C@@H]2C(=O)N(c3ccc(Nc4ccccc4)cc3)C(=O)[C@@H]2C1. The van der Waals surface area contributed by atoms with Crippen molar-refractivity contribution in [2.75, 3.05) is 16.8 Å². The number of nitrogens with zero attached hydrogens (tertiary/aromatic N) is 1. The molecule has 0 unspecified atom stereocenters. The van der Waals surface area contributed by atoms with Crippen LogP contribution < -0.4 is 10.2 Å². The molecule has 3 aromatic carbocycles. The minimum absolute atomic E-state index is 0.0428. The van der Waals surface area contributed by atoms with Gasteiger partial charge in [-0.05, 0) is 92.8 Å². The molecule has 2 heterocycles. The summed E-state index contributed by atoms with van der Waals surface area (Å²) < 4.78 is 6.28. The number of amides is 2. The highest BCUT2D eigenvalue weighted by Gasteiger charge is 2.56. The molecule has 0 aromatic heterocycles. The third-order valence-corrected chi connectivity index (χ3v) is 8.42. The number of phenolic OH excluding ortho intramolecular Hbond substituents is 1. The van der Waals surface area contributed by atoms with Crippen LogP contribution in [-0.4, -0.2) is 29.6 Å². The lowest BCUT2D eigenvalue weighted by molar-refractivity contribution is -0.122. The van der Waals surface area contributed by atoms with Gasteiger partial charge in [-0.3, -0.25) is 14.5 Å². The van der Waals surface area contributed by atoms with Crippen LogP contribution in [0.4, 0.5) is 17.1 Å². The minimum atomic E-state index is -0.373. The van der Waals surface area contributed by atoms with Crippen molar-refractivity contribution in [3.8, 4) is 5.75 Å². The highest BCUT2D eigenvalue weighted by Crippen LogP contribution is 2.50. The Morgan fingerprint density at radius 3 is 2.48 bits per heavy atom. The minimum Gasteiger partial charge on any atom is -0.508 e. The molecular weight excluding hydrogens is 500 g/mol. The molecule has 0 spiro atoms. The molecule has 2 fully saturated rings. The summed E-state index contributed by atoms with van der Waals surface area (Å²) in [6.45, 7) is 4.66. The van der Waals surface area contributed by atoms with Gasteiger partial charge < -0.3 is 15.2 Å². The van der Waals surface area contributed by atoms with Crippen LogP contribution in [0.5, 0.6) is 5.75 Å². The predicted molar refractivity (Wildman–Crippen MR) is 157 cm³/mol. The Labute approximate surface area is 235 Å². The number of hydrogen-bond acceptors (Lipinski definition) is 5. The van der Waals surface area contributed by atoms with Gasteiger partial charge in [0.05, 0.1) is 30.2 Å². The number of allylic oxidation sites excluding steroid dienone is 2. The summed E-state index contributed by atoms with van der Waals surface area (Å²) in [6, 6.07) is 24.6. The van der Waals surface area contributed by atoms with Crippen LogP contribution in [-0.2, 0) is 14.3 Å². The quantitative estimate of drug-likeness (QED) is 0.256. The Kier molecular flexibility index (Phi) is 7.03. The third-order valence-electron chi connectivity index (χ3n) is 8.42. The number of hydrogen-bond donors (Lipinski definition) is 2. The number of rotatable bonds is 7. The van der Waals surface area contributed by atoms with Gasteiger partial charge in [0.2, 0.25) is 11.8 Å². The molecular formula is C34H34N2O4. The molecule has 4 atom stereocenters. The number of fused-ring (bicyclic) bond motifs is 3. The van der Waals surface area contributed by atoms with Gasteiger partial charge in [-0.1, -0.05) is 47.6 Å². The first-order valence-corrected chi connectivity index (χ1v) is 14.0. The number of anilines is 3. The summed E-state index contributed by atoms with van der Waals surface area (Å²) >= 11 is 0. The Balaban J connectivity index is 1.15. The second-order valence-electron chi connectivity index (χ2n) is 11.2. The zero-order chi connectivity index (χ0) is 27.8. The average Bonchev–Trinajstić information content (AvgIpc) is 3.47. The van der Waals surface area contributed by atoms with E-state index < -0.39 is 0 Å². The van der Waals surface area contributed by atoms with E-state index in [2.05, 4.69) is 25.2 Å². The normalized spacial score (nSPS) is 24.4. The van der Waals surface area contributed by atoms with Crippen LogP contribution in [0.25, 0.3) is 6.08 Å².